The Hall–Kier alpha value is -2.70. The fourth-order valence-corrected chi connectivity index (χ4v) is 3.54. The quantitative estimate of drug-likeness (QED) is 0.853. The van der Waals surface area contributed by atoms with Crippen LogP contribution in [0.25, 0.3) is 5.69 Å². The minimum Gasteiger partial charge on any atom is -0.383 e. The van der Waals surface area contributed by atoms with Crippen LogP contribution in [0.2, 0.25) is 0 Å². The molecule has 1 aromatic carbocycles. The Bertz CT molecular complexity index is 842. The Morgan fingerprint density at radius 2 is 1.85 bits per heavy atom. The third-order valence-electron chi connectivity index (χ3n) is 5.17. The van der Waals surface area contributed by atoms with Gasteiger partial charge in [-0.2, -0.15) is 5.10 Å². The number of anilines is 1. The van der Waals surface area contributed by atoms with E-state index in [2.05, 4.69) is 5.10 Å². The molecule has 2 aromatic rings. The molecular formula is C19H21FN4O2. The van der Waals surface area contributed by atoms with Crippen molar-refractivity contribution in [1.29, 1.82) is 0 Å². The number of aromatic nitrogens is 2. The Kier molecular flexibility index (Phi) is 4.22. The lowest BCUT2D eigenvalue weighted by Gasteiger charge is -2.32. The minimum atomic E-state index is -0.349. The van der Waals surface area contributed by atoms with E-state index in [0.29, 0.717) is 17.8 Å². The SMILES string of the molecule is Nc1c(C(=O)[C@H]2CCCN(C(=O)C3CC3)C2)cnn1-c1ccc(F)cc1. The van der Waals surface area contributed by atoms with E-state index in [1.807, 2.05) is 4.90 Å². The van der Waals surface area contributed by atoms with Gasteiger partial charge in [-0.3, -0.25) is 9.59 Å². The minimum absolute atomic E-state index is 0.0795. The highest BCUT2D eigenvalue weighted by molar-refractivity contribution is 6.02. The molecule has 136 valence electrons. The maximum Gasteiger partial charge on any atom is 0.225 e. The van der Waals surface area contributed by atoms with Crippen LogP contribution in [0.3, 0.4) is 0 Å². The van der Waals surface area contributed by atoms with Crippen molar-refractivity contribution < 1.29 is 14.0 Å². The van der Waals surface area contributed by atoms with Crippen molar-refractivity contribution in [3.8, 4) is 5.69 Å². The standard InChI is InChI=1S/C19H21FN4O2/c20-14-5-7-15(8-6-14)24-18(21)16(10-22-24)17(25)13-2-1-9-23(11-13)19(26)12-3-4-12/h5-8,10,12-13H,1-4,9,11,21H2/t13-/m0/s1. The lowest BCUT2D eigenvalue weighted by molar-refractivity contribution is -0.133. The average molecular weight is 356 g/mol. The van der Waals surface area contributed by atoms with Gasteiger partial charge < -0.3 is 10.6 Å². The number of halogens is 1. The molecule has 0 spiro atoms. The number of hydrogen-bond acceptors (Lipinski definition) is 4. The Morgan fingerprint density at radius 1 is 1.12 bits per heavy atom. The van der Waals surface area contributed by atoms with Gasteiger partial charge in [0.2, 0.25) is 5.91 Å². The molecule has 0 unspecified atom stereocenters. The van der Waals surface area contributed by atoms with Gasteiger partial charge in [0.25, 0.3) is 0 Å². The Labute approximate surface area is 150 Å². The number of nitrogens with zero attached hydrogens (tertiary/aromatic N) is 3. The normalized spacial score (nSPS) is 20.2. The molecule has 7 heteroatoms. The highest BCUT2D eigenvalue weighted by atomic mass is 19.1. The Morgan fingerprint density at radius 3 is 2.54 bits per heavy atom. The number of carbonyl (C=O) groups excluding carboxylic acids is 2. The van der Waals surface area contributed by atoms with Gasteiger partial charge in [0, 0.05) is 24.9 Å². The van der Waals surface area contributed by atoms with Crippen molar-refractivity contribution in [2.24, 2.45) is 11.8 Å². The number of amides is 1. The third kappa shape index (κ3) is 3.09. The van der Waals surface area contributed by atoms with Crippen molar-refractivity contribution in [3.05, 3.63) is 41.8 Å². The van der Waals surface area contributed by atoms with Gasteiger partial charge in [0.15, 0.2) is 5.78 Å². The van der Waals surface area contributed by atoms with E-state index in [-0.39, 0.29) is 35.2 Å². The monoisotopic (exact) mass is 356 g/mol. The topological polar surface area (TPSA) is 81.2 Å². The number of ketones is 1. The first-order chi connectivity index (χ1) is 12.5. The fraction of sp³-hybridized carbons (Fsp3) is 0.421. The first kappa shape index (κ1) is 16.8. The highest BCUT2D eigenvalue weighted by Crippen LogP contribution is 2.33. The van der Waals surface area contributed by atoms with Crippen LogP contribution in [0.5, 0.6) is 0 Å². The van der Waals surface area contributed by atoms with Gasteiger partial charge in [0.05, 0.1) is 17.4 Å². The van der Waals surface area contributed by atoms with Crippen LogP contribution in [-0.2, 0) is 4.79 Å². The summed E-state index contributed by atoms with van der Waals surface area (Å²) in [4.78, 5) is 27.1. The predicted molar refractivity (Wildman–Crippen MR) is 94.3 cm³/mol. The van der Waals surface area contributed by atoms with E-state index in [1.54, 1.807) is 12.1 Å². The second kappa shape index (κ2) is 6.55. The molecule has 26 heavy (non-hydrogen) atoms. The summed E-state index contributed by atoms with van der Waals surface area (Å²) >= 11 is 0. The molecule has 0 bridgehead atoms. The summed E-state index contributed by atoms with van der Waals surface area (Å²) in [7, 11) is 0. The summed E-state index contributed by atoms with van der Waals surface area (Å²) in [6.45, 7) is 1.18. The number of benzene rings is 1. The largest absolute Gasteiger partial charge is 0.383 e. The maximum atomic E-state index is 13.1. The lowest BCUT2D eigenvalue weighted by Crippen LogP contribution is -2.43. The van der Waals surface area contributed by atoms with E-state index in [9.17, 15) is 14.0 Å². The summed E-state index contributed by atoms with van der Waals surface area (Å²) in [5.74, 6) is -0.0953. The number of nitrogens with two attached hydrogens (primary N) is 1. The molecule has 1 saturated heterocycles. The van der Waals surface area contributed by atoms with Crippen LogP contribution in [-0.4, -0.2) is 39.5 Å². The summed E-state index contributed by atoms with van der Waals surface area (Å²) < 4.78 is 14.5. The van der Waals surface area contributed by atoms with Crippen LogP contribution < -0.4 is 5.73 Å². The van der Waals surface area contributed by atoms with E-state index in [0.717, 1.165) is 32.2 Å². The molecule has 2 aliphatic rings. The van der Waals surface area contributed by atoms with Crippen molar-refractivity contribution in [2.75, 3.05) is 18.8 Å². The number of nitrogen functional groups attached to an aromatic ring is 1. The van der Waals surface area contributed by atoms with Crippen LogP contribution in [0.15, 0.2) is 30.5 Å². The molecule has 2 N–H and O–H groups in total. The molecular weight excluding hydrogens is 335 g/mol. The molecule has 1 amide bonds. The van der Waals surface area contributed by atoms with Gasteiger partial charge in [0.1, 0.15) is 11.6 Å². The number of likely N-dealkylation sites (tertiary alicyclic amines) is 1. The van der Waals surface area contributed by atoms with Crippen LogP contribution in [0.1, 0.15) is 36.0 Å². The molecule has 1 saturated carbocycles. The molecule has 6 nitrogen and oxygen atoms in total. The lowest BCUT2D eigenvalue weighted by atomic mass is 9.90. The van der Waals surface area contributed by atoms with E-state index in [4.69, 9.17) is 5.73 Å². The second-order valence-electron chi connectivity index (χ2n) is 7.09. The van der Waals surface area contributed by atoms with Crippen molar-refractivity contribution in [3.63, 3.8) is 0 Å². The van der Waals surface area contributed by atoms with Crippen molar-refractivity contribution in [2.45, 2.75) is 25.7 Å². The number of carbonyl (C=O) groups is 2. The fourth-order valence-electron chi connectivity index (χ4n) is 3.54. The first-order valence-corrected chi connectivity index (χ1v) is 8.97. The predicted octanol–water partition coefficient (Wildman–Crippen LogP) is 2.42. The Balaban J connectivity index is 1.52. The first-order valence-electron chi connectivity index (χ1n) is 8.97. The number of hydrogen-bond donors (Lipinski definition) is 1. The maximum absolute atomic E-state index is 13.1. The molecule has 0 radical (unpaired) electrons. The average Bonchev–Trinajstić information content (AvgIpc) is 3.44. The highest BCUT2D eigenvalue weighted by Gasteiger charge is 2.37. The zero-order chi connectivity index (χ0) is 18.3. The van der Waals surface area contributed by atoms with Crippen molar-refractivity contribution in [1.82, 2.24) is 14.7 Å². The van der Waals surface area contributed by atoms with Gasteiger partial charge in [-0.15, -0.1) is 0 Å². The molecule has 1 aliphatic heterocycles. The molecule has 1 aliphatic carbocycles. The van der Waals surface area contributed by atoms with E-state index < -0.39 is 0 Å². The zero-order valence-corrected chi connectivity index (χ0v) is 14.4. The molecule has 1 aromatic heterocycles. The van der Waals surface area contributed by atoms with Crippen molar-refractivity contribution >= 4 is 17.5 Å². The van der Waals surface area contributed by atoms with E-state index in [1.165, 1.54) is 23.0 Å². The van der Waals surface area contributed by atoms with Gasteiger partial charge in [-0.1, -0.05) is 0 Å². The summed E-state index contributed by atoms with van der Waals surface area (Å²) in [6.07, 6.45) is 4.95. The number of piperidine rings is 1. The van der Waals surface area contributed by atoms with Gasteiger partial charge in [-0.05, 0) is 49.9 Å². The van der Waals surface area contributed by atoms with Gasteiger partial charge >= 0.3 is 0 Å². The van der Waals surface area contributed by atoms with Gasteiger partial charge in [-0.25, -0.2) is 9.07 Å². The zero-order valence-electron chi connectivity index (χ0n) is 14.4. The molecule has 2 fully saturated rings. The number of rotatable bonds is 4. The number of Topliss-reactive ketones (excluding diaryl/α,β-unsaturated/α-hetero) is 1. The van der Waals surface area contributed by atoms with E-state index >= 15 is 0 Å². The summed E-state index contributed by atoms with van der Waals surface area (Å²) in [6, 6.07) is 5.76. The van der Waals surface area contributed by atoms with Crippen LogP contribution >= 0.6 is 0 Å². The summed E-state index contributed by atoms with van der Waals surface area (Å²) in [5, 5.41) is 4.19. The van der Waals surface area contributed by atoms with Crippen LogP contribution in [0.4, 0.5) is 10.2 Å². The third-order valence-corrected chi connectivity index (χ3v) is 5.17. The summed E-state index contributed by atoms with van der Waals surface area (Å²) in [5.41, 5.74) is 7.09. The second-order valence-corrected chi connectivity index (χ2v) is 7.09. The molecule has 2 heterocycles. The smallest absolute Gasteiger partial charge is 0.225 e. The molecule has 1 atom stereocenters. The van der Waals surface area contributed by atoms with Crippen LogP contribution in [0, 0.1) is 17.7 Å². The molecule has 4 rings (SSSR count).